The fourth-order valence-corrected chi connectivity index (χ4v) is 1.74. The largest absolute Gasteiger partial charge is 0.349 e. The maximum atomic E-state index is 11.9. The predicted octanol–water partition coefficient (Wildman–Crippen LogP) is 2.51. The molecule has 0 radical (unpaired) electrons. The first kappa shape index (κ1) is 12.5. The number of hydrogen-bond donors (Lipinski definition) is 0. The third-order valence-corrected chi connectivity index (χ3v) is 2.57. The highest BCUT2D eigenvalue weighted by Crippen LogP contribution is 2.14. The highest BCUT2D eigenvalue weighted by Gasteiger charge is 2.18. The average Bonchev–Trinajstić information content (AvgIpc) is 2.29. The van der Waals surface area contributed by atoms with Crippen LogP contribution in [-0.4, -0.2) is 24.9 Å². The number of nitrogens with zero attached hydrogens (tertiary/aromatic N) is 1. The van der Waals surface area contributed by atoms with Gasteiger partial charge >= 0.3 is 0 Å². The van der Waals surface area contributed by atoms with Gasteiger partial charge in [0.25, 0.3) is 0 Å². The lowest BCUT2D eigenvalue weighted by Crippen LogP contribution is -2.30. The summed E-state index contributed by atoms with van der Waals surface area (Å²) in [5.41, 5.74) is 1.20. The topological polar surface area (TPSA) is 20.3 Å². The summed E-state index contributed by atoms with van der Waals surface area (Å²) in [4.78, 5) is 13.6. The van der Waals surface area contributed by atoms with E-state index >= 15 is 0 Å². The van der Waals surface area contributed by atoms with Crippen LogP contribution in [-0.2, 0) is 11.2 Å². The monoisotopic (exact) mass is 217 g/mol. The van der Waals surface area contributed by atoms with Crippen molar-refractivity contribution in [3.05, 3.63) is 48.6 Å². The van der Waals surface area contributed by atoms with Crippen LogP contribution in [0.25, 0.3) is 0 Å². The minimum Gasteiger partial charge on any atom is -0.349 e. The fraction of sp³-hybridized carbons (Fsp3) is 0.357. The molecule has 0 aliphatic heterocycles. The van der Waals surface area contributed by atoms with Crippen LogP contribution in [0.2, 0.25) is 0 Å². The molecule has 16 heavy (non-hydrogen) atoms. The van der Waals surface area contributed by atoms with Crippen molar-refractivity contribution in [2.45, 2.75) is 12.8 Å². The van der Waals surface area contributed by atoms with E-state index in [4.69, 9.17) is 0 Å². The first-order valence-electron chi connectivity index (χ1n) is 5.51. The molecular formula is C14H19NO. The lowest BCUT2D eigenvalue weighted by Gasteiger charge is -2.19. The normalized spacial score (nSPS) is 11.9. The van der Waals surface area contributed by atoms with Crippen LogP contribution in [0.4, 0.5) is 0 Å². The van der Waals surface area contributed by atoms with E-state index in [1.807, 2.05) is 24.3 Å². The van der Waals surface area contributed by atoms with Gasteiger partial charge in [-0.2, -0.15) is 0 Å². The zero-order valence-corrected chi connectivity index (χ0v) is 10.0. The van der Waals surface area contributed by atoms with E-state index in [0.29, 0.717) is 0 Å². The maximum absolute atomic E-state index is 11.9. The van der Waals surface area contributed by atoms with Crippen molar-refractivity contribution < 1.29 is 4.79 Å². The van der Waals surface area contributed by atoms with Crippen molar-refractivity contribution in [3.8, 4) is 0 Å². The van der Waals surface area contributed by atoms with Gasteiger partial charge in [0, 0.05) is 20.0 Å². The summed E-state index contributed by atoms with van der Waals surface area (Å²) < 4.78 is 0. The van der Waals surface area contributed by atoms with Gasteiger partial charge < -0.3 is 4.90 Å². The lowest BCUT2D eigenvalue weighted by atomic mass is 9.95. The second-order valence-electron chi connectivity index (χ2n) is 4.14. The Balaban J connectivity index is 2.72. The molecule has 0 N–H and O–H groups in total. The Labute approximate surface area is 97.6 Å². The second-order valence-corrected chi connectivity index (χ2v) is 4.14. The minimum absolute atomic E-state index is 0.00917. The smallest absolute Gasteiger partial charge is 0.225 e. The molecule has 0 heterocycles. The molecule has 0 spiro atoms. The van der Waals surface area contributed by atoms with Crippen molar-refractivity contribution in [2.24, 2.45) is 5.92 Å². The number of allylic oxidation sites excluding steroid dienone is 1. The van der Waals surface area contributed by atoms with Crippen molar-refractivity contribution in [1.29, 1.82) is 0 Å². The van der Waals surface area contributed by atoms with Crippen LogP contribution < -0.4 is 0 Å². The van der Waals surface area contributed by atoms with Gasteiger partial charge in [-0.15, -0.1) is 6.58 Å². The SMILES string of the molecule is C=CCC(Cc1ccccc1)C(=O)N(C)C. The predicted molar refractivity (Wildman–Crippen MR) is 67.1 cm³/mol. The second kappa shape index (κ2) is 6.11. The van der Waals surface area contributed by atoms with Gasteiger partial charge in [0.15, 0.2) is 0 Å². The molecule has 2 heteroatoms. The van der Waals surface area contributed by atoms with Crippen LogP contribution in [0.5, 0.6) is 0 Å². The van der Waals surface area contributed by atoms with E-state index in [0.717, 1.165) is 12.8 Å². The zero-order chi connectivity index (χ0) is 12.0. The van der Waals surface area contributed by atoms with Crippen LogP contribution in [0.3, 0.4) is 0 Å². The Morgan fingerprint density at radius 2 is 2.00 bits per heavy atom. The third-order valence-electron chi connectivity index (χ3n) is 2.57. The van der Waals surface area contributed by atoms with Crippen molar-refractivity contribution in [3.63, 3.8) is 0 Å². The van der Waals surface area contributed by atoms with Gasteiger partial charge in [0.05, 0.1) is 0 Å². The molecule has 0 fully saturated rings. The minimum atomic E-state index is 0.00917. The molecule has 2 nitrogen and oxygen atoms in total. The number of amides is 1. The van der Waals surface area contributed by atoms with E-state index in [9.17, 15) is 4.79 Å². The fourth-order valence-electron chi connectivity index (χ4n) is 1.74. The molecule has 0 saturated heterocycles. The first-order valence-corrected chi connectivity index (χ1v) is 5.51. The average molecular weight is 217 g/mol. The molecule has 0 aromatic heterocycles. The highest BCUT2D eigenvalue weighted by molar-refractivity contribution is 5.78. The molecule has 0 bridgehead atoms. The Hall–Kier alpha value is -1.57. The summed E-state index contributed by atoms with van der Waals surface area (Å²) in [6.07, 6.45) is 3.32. The van der Waals surface area contributed by atoms with Gasteiger partial charge in [-0.05, 0) is 18.4 Å². The van der Waals surface area contributed by atoms with Gasteiger partial charge in [-0.3, -0.25) is 4.79 Å². The first-order chi connectivity index (χ1) is 7.65. The summed E-state index contributed by atoms with van der Waals surface area (Å²) in [7, 11) is 3.59. The zero-order valence-electron chi connectivity index (χ0n) is 10.0. The van der Waals surface area contributed by atoms with Gasteiger partial charge in [0.1, 0.15) is 0 Å². The summed E-state index contributed by atoms with van der Waals surface area (Å²) in [6, 6.07) is 10.1. The Kier molecular flexibility index (Phi) is 4.77. The van der Waals surface area contributed by atoms with Crippen LogP contribution in [0.1, 0.15) is 12.0 Å². The molecule has 1 atom stereocenters. The van der Waals surface area contributed by atoms with Gasteiger partial charge in [-0.25, -0.2) is 0 Å². The van der Waals surface area contributed by atoms with E-state index < -0.39 is 0 Å². The van der Waals surface area contributed by atoms with E-state index in [-0.39, 0.29) is 11.8 Å². The van der Waals surface area contributed by atoms with Crippen LogP contribution >= 0.6 is 0 Å². The molecule has 1 unspecified atom stereocenters. The standard InChI is InChI=1S/C14H19NO/c1-4-8-13(14(16)15(2)3)11-12-9-6-5-7-10-12/h4-7,9-10,13H,1,8,11H2,2-3H3. The van der Waals surface area contributed by atoms with Gasteiger partial charge in [0.2, 0.25) is 5.91 Å². The summed E-state index contributed by atoms with van der Waals surface area (Å²) in [5.74, 6) is 0.179. The molecular weight excluding hydrogens is 198 g/mol. The van der Waals surface area contributed by atoms with Crippen LogP contribution in [0.15, 0.2) is 43.0 Å². The molecule has 0 aliphatic rings. The molecule has 0 aliphatic carbocycles. The van der Waals surface area contributed by atoms with Crippen molar-refractivity contribution in [1.82, 2.24) is 4.90 Å². The molecule has 1 amide bonds. The van der Waals surface area contributed by atoms with E-state index in [1.54, 1.807) is 19.0 Å². The molecule has 1 aromatic rings. The third kappa shape index (κ3) is 3.54. The van der Waals surface area contributed by atoms with E-state index in [2.05, 4.69) is 18.7 Å². The highest BCUT2D eigenvalue weighted by atomic mass is 16.2. The Morgan fingerprint density at radius 1 is 1.38 bits per heavy atom. The quantitative estimate of drug-likeness (QED) is 0.694. The maximum Gasteiger partial charge on any atom is 0.225 e. The molecule has 0 saturated carbocycles. The molecule has 86 valence electrons. The lowest BCUT2D eigenvalue weighted by molar-refractivity contribution is -0.132. The summed E-state index contributed by atoms with van der Waals surface area (Å²) in [6.45, 7) is 3.71. The molecule has 1 aromatic carbocycles. The van der Waals surface area contributed by atoms with Crippen LogP contribution in [0, 0.1) is 5.92 Å². The number of rotatable bonds is 5. The van der Waals surface area contributed by atoms with Crippen molar-refractivity contribution >= 4 is 5.91 Å². The Bertz CT molecular complexity index is 343. The summed E-state index contributed by atoms with van der Waals surface area (Å²) >= 11 is 0. The van der Waals surface area contributed by atoms with E-state index in [1.165, 1.54) is 5.56 Å². The van der Waals surface area contributed by atoms with Crippen molar-refractivity contribution in [2.75, 3.05) is 14.1 Å². The Morgan fingerprint density at radius 3 is 2.50 bits per heavy atom. The number of hydrogen-bond acceptors (Lipinski definition) is 1. The number of carbonyl (C=O) groups excluding carboxylic acids is 1. The summed E-state index contributed by atoms with van der Waals surface area (Å²) in [5, 5.41) is 0. The van der Waals surface area contributed by atoms with Gasteiger partial charge in [-0.1, -0.05) is 36.4 Å². The number of benzene rings is 1. The molecule has 1 rings (SSSR count). The number of carbonyl (C=O) groups is 1.